The van der Waals surface area contributed by atoms with E-state index < -0.39 is 0 Å². The Kier molecular flexibility index (Phi) is 5.93. The van der Waals surface area contributed by atoms with Crippen molar-refractivity contribution in [2.24, 2.45) is 5.92 Å². The number of aromatic amines is 1. The van der Waals surface area contributed by atoms with Crippen LogP contribution in [0.4, 0.5) is 5.69 Å². The van der Waals surface area contributed by atoms with Crippen molar-refractivity contribution in [2.45, 2.75) is 50.7 Å². The van der Waals surface area contributed by atoms with Crippen molar-refractivity contribution in [3.05, 3.63) is 53.9 Å². The lowest BCUT2D eigenvalue weighted by molar-refractivity contribution is -0.0344. The quantitative estimate of drug-likeness (QED) is 0.354. The van der Waals surface area contributed by atoms with Gasteiger partial charge < -0.3 is 25.7 Å². The number of nitrogens with two attached hydrogens (primary N) is 1. The minimum atomic E-state index is -0.105. The summed E-state index contributed by atoms with van der Waals surface area (Å²) in [7, 11) is 0. The van der Waals surface area contributed by atoms with Gasteiger partial charge in [-0.25, -0.2) is 4.98 Å². The summed E-state index contributed by atoms with van der Waals surface area (Å²) in [5, 5.41) is 3.73. The summed E-state index contributed by atoms with van der Waals surface area (Å²) in [6.45, 7) is 3.74. The number of rotatable bonds is 8. The minimum absolute atomic E-state index is 0.0400. The molecule has 1 amide bonds. The molecule has 3 aromatic rings. The highest BCUT2D eigenvalue weighted by molar-refractivity contribution is 5.97. The largest absolute Gasteiger partial charge is 0.481 e. The van der Waals surface area contributed by atoms with Gasteiger partial charge in [0, 0.05) is 24.7 Å². The number of hydrogen-bond acceptors (Lipinski definition) is 5. The highest BCUT2D eigenvalue weighted by atomic mass is 16.5. The molecule has 3 atom stereocenters. The molecule has 0 bridgehead atoms. The number of hydrogen-bond donors (Lipinski definition) is 3. The number of H-pyrrole nitrogens is 1. The van der Waals surface area contributed by atoms with Crippen molar-refractivity contribution in [3.8, 4) is 18.1 Å². The molecule has 1 unspecified atom stereocenters. The van der Waals surface area contributed by atoms with Crippen molar-refractivity contribution in [1.29, 1.82) is 0 Å². The molecule has 2 aliphatic carbocycles. The van der Waals surface area contributed by atoms with Crippen LogP contribution in [-0.2, 0) is 6.54 Å². The van der Waals surface area contributed by atoms with E-state index in [2.05, 4.69) is 34.2 Å². The summed E-state index contributed by atoms with van der Waals surface area (Å²) in [5.74, 6) is 4.05. The molecule has 2 aromatic carbocycles. The first-order chi connectivity index (χ1) is 16.6. The molecule has 4 N–H and O–H groups in total. The lowest BCUT2D eigenvalue weighted by atomic mass is 9.63. The summed E-state index contributed by atoms with van der Waals surface area (Å²) in [6, 6.07) is 14.0. The number of amides is 1. The van der Waals surface area contributed by atoms with E-state index in [0.717, 1.165) is 49.1 Å². The van der Waals surface area contributed by atoms with Gasteiger partial charge >= 0.3 is 0 Å². The smallest absolute Gasteiger partial charge is 0.290 e. The van der Waals surface area contributed by atoms with E-state index in [1.807, 2.05) is 35.2 Å². The zero-order valence-corrected chi connectivity index (χ0v) is 19.5. The van der Waals surface area contributed by atoms with Crippen LogP contribution in [0.25, 0.3) is 11.0 Å². The number of para-hydroxylation sites is 1. The molecule has 1 heterocycles. The highest BCUT2D eigenvalue weighted by Crippen LogP contribution is 2.54. The number of anilines is 1. The second-order valence-corrected chi connectivity index (χ2v) is 9.31. The van der Waals surface area contributed by atoms with Crippen molar-refractivity contribution in [1.82, 2.24) is 20.2 Å². The molecular formula is C27H31N5O2. The summed E-state index contributed by atoms with van der Waals surface area (Å²) in [4.78, 5) is 23.4. The molecule has 7 heteroatoms. The van der Waals surface area contributed by atoms with Gasteiger partial charge in [-0.05, 0) is 61.9 Å². The fourth-order valence-electron chi connectivity index (χ4n) is 6.00. The Morgan fingerprint density at radius 2 is 2.24 bits per heavy atom. The van der Waals surface area contributed by atoms with Crippen molar-refractivity contribution < 1.29 is 9.53 Å². The van der Waals surface area contributed by atoms with Crippen LogP contribution in [0.5, 0.6) is 5.75 Å². The maximum Gasteiger partial charge on any atom is 0.290 e. The zero-order chi connectivity index (χ0) is 23.7. The number of benzene rings is 2. The van der Waals surface area contributed by atoms with Crippen LogP contribution in [0.1, 0.15) is 48.8 Å². The molecule has 5 rings (SSSR count). The van der Waals surface area contributed by atoms with Crippen LogP contribution in [0.15, 0.2) is 42.5 Å². The lowest BCUT2D eigenvalue weighted by Crippen LogP contribution is -2.68. The first kappa shape index (κ1) is 22.3. The predicted octanol–water partition coefficient (Wildman–Crippen LogP) is 3.72. The number of fused-ring (bicyclic) bond motifs is 2. The van der Waals surface area contributed by atoms with Crippen molar-refractivity contribution in [3.63, 3.8) is 0 Å². The maximum absolute atomic E-state index is 13.6. The molecule has 0 saturated heterocycles. The van der Waals surface area contributed by atoms with Gasteiger partial charge in [0.2, 0.25) is 0 Å². The number of terminal acetylenes is 1. The number of ether oxygens (including phenoxy) is 1. The zero-order valence-electron chi connectivity index (χ0n) is 19.5. The number of nitrogen functional groups attached to an aromatic ring is 1. The van der Waals surface area contributed by atoms with Crippen LogP contribution in [0, 0.1) is 18.3 Å². The van der Waals surface area contributed by atoms with Crippen LogP contribution in [0.3, 0.4) is 0 Å². The second kappa shape index (κ2) is 9.03. The Bertz CT molecular complexity index is 1250. The predicted molar refractivity (Wildman–Crippen MR) is 133 cm³/mol. The van der Waals surface area contributed by atoms with Gasteiger partial charge in [0.15, 0.2) is 5.82 Å². The normalized spacial score (nSPS) is 23.2. The number of carbonyl (C=O) groups is 1. The molecule has 7 nitrogen and oxygen atoms in total. The third kappa shape index (κ3) is 3.78. The monoisotopic (exact) mass is 457 g/mol. The first-order valence-electron chi connectivity index (χ1n) is 12.0. The minimum Gasteiger partial charge on any atom is -0.481 e. The van der Waals surface area contributed by atoms with E-state index in [-0.39, 0.29) is 18.1 Å². The Morgan fingerprint density at radius 1 is 1.38 bits per heavy atom. The molecule has 1 aromatic heterocycles. The summed E-state index contributed by atoms with van der Waals surface area (Å²) < 4.78 is 5.55. The van der Waals surface area contributed by atoms with E-state index in [1.54, 1.807) is 6.07 Å². The van der Waals surface area contributed by atoms with E-state index >= 15 is 0 Å². The SMILES string of the molecule is C#CCOc1cccc(CN[C@H]2C[C@]3(N(CC)C(=O)c4nc5c(N)cccc5[nH]4)CCCC23)c1. The number of carbonyl (C=O) groups excluding carboxylic acids is 1. The topological polar surface area (TPSA) is 96.3 Å². The third-order valence-corrected chi connectivity index (χ3v) is 7.51. The Morgan fingerprint density at radius 3 is 3.03 bits per heavy atom. The average molecular weight is 458 g/mol. The second-order valence-electron chi connectivity index (χ2n) is 9.31. The fraction of sp³-hybridized carbons (Fsp3) is 0.407. The molecular weight excluding hydrogens is 426 g/mol. The molecule has 34 heavy (non-hydrogen) atoms. The molecule has 2 fully saturated rings. The maximum atomic E-state index is 13.6. The van der Waals surface area contributed by atoms with Gasteiger partial charge in [-0.2, -0.15) is 0 Å². The van der Waals surface area contributed by atoms with E-state index in [9.17, 15) is 4.79 Å². The van der Waals surface area contributed by atoms with Crippen LogP contribution >= 0.6 is 0 Å². The van der Waals surface area contributed by atoms with Crippen LogP contribution < -0.4 is 15.8 Å². The van der Waals surface area contributed by atoms with Gasteiger partial charge in [0.1, 0.15) is 17.9 Å². The van der Waals surface area contributed by atoms with E-state index in [0.29, 0.717) is 35.5 Å². The number of imidazole rings is 1. The summed E-state index contributed by atoms with van der Waals surface area (Å²) in [6.07, 6.45) is 9.54. The third-order valence-electron chi connectivity index (χ3n) is 7.51. The number of aromatic nitrogens is 2. The van der Waals surface area contributed by atoms with Crippen LogP contribution in [0.2, 0.25) is 0 Å². The van der Waals surface area contributed by atoms with Crippen LogP contribution in [-0.4, -0.2) is 45.5 Å². The Hall–Kier alpha value is -3.50. The van der Waals surface area contributed by atoms with Crippen molar-refractivity contribution >= 4 is 22.6 Å². The summed E-state index contributed by atoms with van der Waals surface area (Å²) in [5.41, 5.74) is 9.14. The van der Waals surface area contributed by atoms with E-state index in [4.69, 9.17) is 16.9 Å². The molecule has 0 radical (unpaired) electrons. The van der Waals surface area contributed by atoms with Gasteiger partial charge in [0.25, 0.3) is 5.91 Å². The van der Waals surface area contributed by atoms with Crippen molar-refractivity contribution in [2.75, 3.05) is 18.9 Å². The lowest BCUT2D eigenvalue weighted by Gasteiger charge is -2.57. The molecule has 2 aliphatic rings. The fourth-order valence-corrected chi connectivity index (χ4v) is 6.00. The summed E-state index contributed by atoms with van der Waals surface area (Å²) >= 11 is 0. The highest BCUT2D eigenvalue weighted by Gasteiger charge is 2.60. The Balaban J connectivity index is 1.28. The average Bonchev–Trinajstić information content (AvgIpc) is 3.42. The molecule has 176 valence electrons. The standard InChI is InChI=1S/C27H31N5O2/c1-3-14-34-19-9-5-8-18(15-19)17-29-23-16-27(13-7-10-20(23)27)32(4-2)26(33)25-30-22-12-6-11-21(28)24(22)31-25/h1,5-6,8-9,11-12,15,20,23,29H,4,7,10,13-14,16-17,28H2,2H3,(H,30,31)/t20?,23-,27+/m0/s1. The van der Waals surface area contributed by atoms with E-state index in [1.165, 1.54) is 0 Å². The number of nitrogens with one attached hydrogen (secondary N) is 2. The molecule has 2 saturated carbocycles. The van der Waals surface area contributed by atoms with Gasteiger partial charge in [-0.15, -0.1) is 6.42 Å². The Labute approximate surface area is 200 Å². The molecule has 0 aliphatic heterocycles. The van der Waals surface area contributed by atoms with Gasteiger partial charge in [-0.3, -0.25) is 4.79 Å². The first-order valence-corrected chi connectivity index (χ1v) is 12.0. The number of nitrogens with zero attached hydrogens (tertiary/aromatic N) is 2. The molecule has 0 spiro atoms. The van der Waals surface area contributed by atoms with Gasteiger partial charge in [0.05, 0.1) is 11.2 Å². The van der Waals surface area contributed by atoms with Gasteiger partial charge in [-0.1, -0.05) is 30.5 Å².